The lowest BCUT2D eigenvalue weighted by Crippen LogP contribution is -2.38. The smallest absolute Gasteiger partial charge is 0.182 e. The molecule has 4 nitrogen and oxygen atoms in total. The number of Topliss-reactive ketones (excluding diaryl/α,β-unsaturated/α-hetero) is 1. The SMILES string of the molecule is N=c1sc2ccccc2n1CC1CCN(CC(=O)c2ccc(F)cc2)CC1. The largest absolute Gasteiger partial charge is 0.317 e. The van der Waals surface area contributed by atoms with Crippen LogP contribution in [0.5, 0.6) is 0 Å². The minimum Gasteiger partial charge on any atom is -0.317 e. The number of benzene rings is 2. The van der Waals surface area contributed by atoms with Gasteiger partial charge in [0.1, 0.15) is 5.82 Å². The van der Waals surface area contributed by atoms with Crippen molar-refractivity contribution in [2.45, 2.75) is 19.4 Å². The molecule has 1 N–H and O–H groups in total. The summed E-state index contributed by atoms with van der Waals surface area (Å²) in [6, 6.07) is 14.0. The Morgan fingerprint density at radius 2 is 1.81 bits per heavy atom. The predicted molar refractivity (Wildman–Crippen MR) is 106 cm³/mol. The molecule has 0 saturated carbocycles. The first-order valence-electron chi connectivity index (χ1n) is 9.24. The first-order chi connectivity index (χ1) is 13.1. The van der Waals surface area contributed by atoms with Crippen LogP contribution in [0, 0.1) is 17.1 Å². The zero-order chi connectivity index (χ0) is 18.8. The Morgan fingerprint density at radius 1 is 1.11 bits per heavy atom. The molecular formula is C21H22FN3OS. The number of carbonyl (C=O) groups is 1. The molecule has 1 aliphatic heterocycles. The van der Waals surface area contributed by atoms with Crippen LogP contribution in [0.15, 0.2) is 48.5 Å². The number of nitrogens with one attached hydrogen (secondary N) is 1. The molecule has 0 aliphatic carbocycles. The number of hydrogen-bond acceptors (Lipinski definition) is 4. The third-order valence-corrected chi connectivity index (χ3v) is 6.27. The first-order valence-corrected chi connectivity index (χ1v) is 10.1. The first kappa shape index (κ1) is 18.1. The quantitative estimate of drug-likeness (QED) is 0.679. The van der Waals surface area contributed by atoms with E-state index in [1.807, 2.05) is 12.1 Å². The molecule has 0 radical (unpaired) electrons. The molecule has 140 valence electrons. The van der Waals surface area contributed by atoms with Crippen LogP contribution < -0.4 is 4.80 Å². The summed E-state index contributed by atoms with van der Waals surface area (Å²) in [5.74, 6) is 0.244. The van der Waals surface area contributed by atoms with Gasteiger partial charge in [-0.3, -0.25) is 15.1 Å². The molecule has 1 fully saturated rings. The van der Waals surface area contributed by atoms with Gasteiger partial charge in [0.25, 0.3) is 0 Å². The van der Waals surface area contributed by atoms with Crippen molar-refractivity contribution < 1.29 is 9.18 Å². The third-order valence-electron chi connectivity index (χ3n) is 5.29. The Balaban J connectivity index is 1.35. The van der Waals surface area contributed by atoms with Crippen LogP contribution in [0.25, 0.3) is 10.2 Å². The average molecular weight is 383 g/mol. The summed E-state index contributed by atoms with van der Waals surface area (Å²) >= 11 is 1.52. The normalized spacial score (nSPS) is 16.0. The molecule has 1 aromatic heterocycles. The van der Waals surface area contributed by atoms with E-state index in [-0.39, 0.29) is 11.6 Å². The number of para-hydroxylation sites is 1. The molecule has 0 spiro atoms. The molecule has 4 rings (SSSR count). The van der Waals surface area contributed by atoms with Crippen molar-refractivity contribution >= 4 is 27.3 Å². The number of hydrogen-bond donors (Lipinski definition) is 1. The van der Waals surface area contributed by atoms with Gasteiger partial charge in [0.2, 0.25) is 0 Å². The van der Waals surface area contributed by atoms with Crippen LogP contribution in [0.2, 0.25) is 0 Å². The molecule has 27 heavy (non-hydrogen) atoms. The molecule has 0 atom stereocenters. The maximum absolute atomic E-state index is 13.0. The maximum Gasteiger partial charge on any atom is 0.182 e. The zero-order valence-corrected chi connectivity index (χ0v) is 15.8. The number of thiazole rings is 1. The fourth-order valence-electron chi connectivity index (χ4n) is 3.73. The molecule has 3 aromatic rings. The number of likely N-dealkylation sites (tertiary alicyclic amines) is 1. The molecule has 1 saturated heterocycles. The fraction of sp³-hybridized carbons (Fsp3) is 0.333. The van der Waals surface area contributed by atoms with E-state index in [0.29, 0.717) is 22.8 Å². The third kappa shape index (κ3) is 4.01. The van der Waals surface area contributed by atoms with E-state index in [0.717, 1.165) is 42.7 Å². The van der Waals surface area contributed by atoms with Crippen molar-refractivity contribution in [1.82, 2.24) is 9.47 Å². The van der Waals surface area contributed by atoms with Crippen LogP contribution in [0.1, 0.15) is 23.2 Å². The molecular weight excluding hydrogens is 361 g/mol. The molecule has 0 amide bonds. The highest BCUT2D eigenvalue weighted by molar-refractivity contribution is 7.16. The summed E-state index contributed by atoms with van der Waals surface area (Å²) in [5, 5.41) is 8.26. The summed E-state index contributed by atoms with van der Waals surface area (Å²) in [4.78, 5) is 15.1. The molecule has 0 unspecified atom stereocenters. The fourth-order valence-corrected chi connectivity index (χ4v) is 4.65. The van der Waals surface area contributed by atoms with Crippen LogP contribution in [0.3, 0.4) is 0 Å². The Hall–Kier alpha value is -2.31. The lowest BCUT2D eigenvalue weighted by Gasteiger charge is -2.31. The van der Waals surface area contributed by atoms with Gasteiger partial charge in [-0.25, -0.2) is 4.39 Å². The van der Waals surface area contributed by atoms with Crippen LogP contribution in [-0.4, -0.2) is 34.9 Å². The lowest BCUT2D eigenvalue weighted by molar-refractivity contribution is 0.0890. The highest BCUT2D eigenvalue weighted by Crippen LogP contribution is 2.23. The second-order valence-corrected chi connectivity index (χ2v) is 8.17. The van der Waals surface area contributed by atoms with Crippen molar-refractivity contribution in [3.8, 4) is 0 Å². The number of fused-ring (bicyclic) bond motifs is 1. The van der Waals surface area contributed by atoms with Gasteiger partial charge in [-0.05, 0) is 68.2 Å². The standard InChI is InChI=1S/C21H22FN3OS/c22-17-7-5-16(6-8-17)19(26)14-24-11-9-15(10-12-24)13-25-18-3-1-2-4-20(18)27-21(25)23/h1-8,15,23H,9-14H2. The minimum absolute atomic E-state index is 0.0418. The van der Waals surface area contributed by atoms with Crippen LogP contribution in [-0.2, 0) is 6.54 Å². The van der Waals surface area contributed by atoms with Gasteiger partial charge < -0.3 is 4.57 Å². The Labute approximate surface area is 161 Å². The van der Waals surface area contributed by atoms with E-state index in [1.165, 1.54) is 23.5 Å². The van der Waals surface area contributed by atoms with Crippen molar-refractivity contribution in [1.29, 1.82) is 5.41 Å². The highest BCUT2D eigenvalue weighted by Gasteiger charge is 2.22. The van der Waals surface area contributed by atoms with Crippen molar-refractivity contribution in [2.24, 2.45) is 5.92 Å². The van der Waals surface area contributed by atoms with E-state index in [1.54, 1.807) is 12.1 Å². The van der Waals surface area contributed by atoms with Crippen LogP contribution in [0.4, 0.5) is 4.39 Å². The van der Waals surface area contributed by atoms with Gasteiger partial charge in [-0.2, -0.15) is 0 Å². The number of halogens is 1. The topological polar surface area (TPSA) is 49.1 Å². The monoisotopic (exact) mass is 383 g/mol. The zero-order valence-electron chi connectivity index (χ0n) is 15.0. The summed E-state index contributed by atoms with van der Waals surface area (Å²) in [5.41, 5.74) is 1.71. The second-order valence-electron chi connectivity index (χ2n) is 7.14. The van der Waals surface area contributed by atoms with E-state index >= 15 is 0 Å². The predicted octanol–water partition coefficient (Wildman–Crippen LogP) is 3.92. The van der Waals surface area contributed by atoms with Crippen molar-refractivity contribution in [3.05, 3.63) is 64.7 Å². The minimum atomic E-state index is -0.320. The molecule has 6 heteroatoms. The maximum atomic E-state index is 13.0. The number of aromatic nitrogens is 1. The summed E-state index contributed by atoms with van der Waals surface area (Å²) < 4.78 is 16.3. The Morgan fingerprint density at radius 3 is 2.56 bits per heavy atom. The van der Waals surface area contributed by atoms with E-state index in [4.69, 9.17) is 5.41 Å². The van der Waals surface area contributed by atoms with Crippen molar-refractivity contribution in [3.63, 3.8) is 0 Å². The Bertz CT molecular complexity index is 1000. The Kier molecular flexibility index (Phi) is 5.18. The summed E-state index contributed by atoms with van der Waals surface area (Å²) in [6.07, 6.45) is 2.04. The molecule has 2 aromatic carbocycles. The van der Waals surface area contributed by atoms with Crippen molar-refractivity contribution in [2.75, 3.05) is 19.6 Å². The van der Waals surface area contributed by atoms with Gasteiger partial charge in [-0.15, -0.1) is 0 Å². The van der Waals surface area contributed by atoms with E-state index in [9.17, 15) is 9.18 Å². The lowest BCUT2D eigenvalue weighted by atomic mass is 9.96. The number of carbonyl (C=O) groups excluding carboxylic acids is 1. The van der Waals surface area contributed by atoms with Gasteiger partial charge in [0.05, 0.1) is 16.8 Å². The van der Waals surface area contributed by atoms with E-state index < -0.39 is 0 Å². The number of piperidine rings is 1. The second kappa shape index (κ2) is 7.74. The average Bonchev–Trinajstić information content (AvgIpc) is 2.99. The number of nitrogens with zero attached hydrogens (tertiary/aromatic N) is 2. The molecule has 0 bridgehead atoms. The number of rotatable bonds is 5. The highest BCUT2D eigenvalue weighted by atomic mass is 32.1. The molecule has 2 heterocycles. The van der Waals surface area contributed by atoms with Gasteiger partial charge >= 0.3 is 0 Å². The van der Waals surface area contributed by atoms with Gasteiger partial charge in [0.15, 0.2) is 10.6 Å². The van der Waals surface area contributed by atoms with E-state index in [2.05, 4.69) is 21.6 Å². The van der Waals surface area contributed by atoms with Gasteiger partial charge in [-0.1, -0.05) is 23.5 Å². The number of ketones is 1. The van der Waals surface area contributed by atoms with Crippen LogP contribution >= 0.6 is 11.3 Å². The summed E-state index contributed by atoms with van der Waals surface area (Å²) in [7, 11) is 0. The summed E-state index contributed by atoms with van der Waals surface area (Å²) in [6.45, 7) is 3.01. The van der Waals surface area contributed by atoms with Gasteiger partial charge in [0, 0.05) is 12.1 Å². The molecule has 1 aliphatic rings.